The Kier molecular flexibility index (Phi) is 7.82. The molecule has 2 amide bonds. The van der Waals surface area contributed by atoms with Crippen LogP contribution in [0.5, 0.6) is 5.75 Å². The lowest BCUT2D eigenvalue weighted by Crippen LogP contribution is -2.51. The summed E-state index contributed by atoms with van der Waals surface area (Å²) in [5.41, 5.74) is 0.297. The second-order valence-electron chi connectivity index (χ2n) is 9.23. The van der Waals surface area contributed by atoms with Gasteiger partial charge in [-0.1, -0.05) is 12.1 Å². The summed E-state index contributed by atoms with van der Waals surface area (Å²) in [6.07, 6.45) is 2.25. The molecule has 2 aliphatic rings. The van der Waals surface area contributed by atoms with E-state index in [1.165, 1.54) is 12.1 Å². The van der Waals surface area contributed by atoms with Crippen LogP contribution in [0.1, 0.15) is 42.4 Å². The zero-order chi connectivity index (χ0) is 24.1. The predicted octanol–water partition coefficient (Wildman–Crippen LogP) is 2.84. The highest BCUT2D eigenvalue weighted by Crippen LogP contribution is 2.28. The first-order valence-electron chi connectivity index (χ1n) is 12.1. The van der Waals surface area contributed by atoms with Crippen molar-refractivity contribution in [1.29, 1.82) is 0 Å². The van der Waals surface area contributed by atoms with Crippen LogP contribution >= 0.6 is 0 Å². The van der Waals surface area contributed by atoms with Crippen molar-refractivity contribution in [2.45, 2.75) is 38.7 Å². The van der Waals surface area contributed by atoms with E-state index in [9.17, 15) is 14.0 Å². The lowest BCUT2D eigenvalue weighted by Gasteiger charge is -2.39. The summed E-state index contributed by atoms with van der Waals surface area (Å²) < 4.78 is 24.8. The number of amides is 2. The number of likely N-dealkylation sites (tertiary alicyclic amines) is 1. The van der Waals surface area contributed by atoms with Crippen LogP contribution in [0.3, 0.4) is 0 Å². The number of piperidine rings is 1. The maximum absolute atomic E-state index is 13.3. The van der Waals surface area contributed by atoms with Crippen LogP contribution in [0.15, 0.2) is 34.9 Å². The Morgan fingerprint density at radius 3 is 2.56 bits per heavy atom. The van der Waals surface area contributed by atoms with Crippen LogP contribution in [-0.4, -0.2) is 84.1 Å². The first-order valence-corrected chi connectivity index (χ1v) is 12.1. The fraction of sp³-hybridized carbons (Fsp3) is 0.560. The summed E-state index contributed by atoms with van der Waals surface area (Å²) in [5.74, 6) is 0.628. The summed E-state index contributed by atoms with van der Waals surface area (Å²) in [7, 11) is 2.05. The summed E-state index contributed by atoms with van der Waals surface area (Å²) in [5, 5.41) is 3.96. The number of carbonyl (C=O) groups is 2. The predicted molar refractivity (Wildman–Crippen MR) is 124 cm³/mol. The maximum atomic E-state index is 13.3. The molecule has 0 N–H and O–H groups in total. The van der Waals surface area contributed by atoms with Crippen molar-refractivity contribution in [3.05, 3.63) is 47.6 Å². The molecular weight excluding hydrogens is 439 g/mol. The minimum absolute atomic E-state index is 0.0757. The van der Waals surface area contributed by atoms with Crippen LogP contribution in [0, 0.1) is 11.7 Å². The number of aromatic nitrogens is 1. The molecule has 1 aromatic heterocycles. The smallest absolute Gasteiger partial charge is 0.276 e. The van der Waals surface area contributed by atoms with Crippen LogP contribution < -0.4 is 4.74 Å². The molecule has 2 fully saturated rings. The normalized spacial score (nSPS) is 21.5. The number of ether oxygens (including phenoxy) is 1. The average molecular weight is 473 g/mol. The Morgan fingerprint density at radius 2 is 1.85 bits per heavy atom. The van der Waals surface area contributed by atoms with E-state index in [1.54, 1.807) is 23.1 Å². The van der Waals surface area contributed by atoms with Crippen LogP contribution in [0.25, 0.3) is 0 Å². The van der Waals surface area contributed by atoms with E-state index in [2.05, 4.69) is 17.1 Å². The molecule has 2 saturated heterocycles. The number of aryl methyl sites for hydroxylation is 1. The van der Waals surface area contributed by atoms with Crippen LogP contribution in [0.2, 0.25) is 0 Å². The van der Waals surface area contributed by atoms with Gasteiger partial charge in [-0.05, 0) is 37.7 Å². The minimum Gasteiger partial charge on any atom is -0.490 e. The molecule has 2 aromatic rings. The van der Waals surface area contributed by atoms with Gasteiger partial charge in [-0.25, -0.2) is 4.39 Å². The van der Waals surface area contributed by atoms with Crippen LogP contribution in [0.4, 0.5) is 4.39 Å². The van der Waals surface area contributed by atoms with E-state index >= 15 is 0 Å². The SMILES string of the molecule is CCCc1cc(C(=O)N2CC[C@H](Oc3ccc(F)cc3)[C@@H](CC(=O)N3CCN(C)CC3)C2)no1. The van der Waals surface area contributed by atoms with E-state index in [0.29, 0.717) is 56.2 Å². The number of carbonyl (C=O) groups excluding carboxylic acids is 2. The third-order valence-corrected chi connectivity index (χ3v) is 6.62. The molecule has 0 radical (unpaired) electrons. The van der Waals surface area contributed by atoms with Gasteiger partial charge in [-0.2, -0.15) is 0 Å². The molecule has 9 heteroatoms. The largest absolute Gasteiger partial charge is 0.490 e. The number of halogens is 1. The molecule has 3 heterocycles. The second kappa shape index (κ2) is 11.0. The Balaban J connectivity index is 1.46. The lowest BCUT2D eigenvalue weighted by atomic mass is 9.90. The third-order valence-electron chi connectivity index (χ3n) is 6.62. The number of benzene rings is 1. The molecule has 2 atom stereocenters. The van der Waals surface area contributed by atoms with Gasteiger partial charge in [0.05, 0.1) is 0 Å². The Hall–Kier alpha value is -2.94. The van der Waals surface area contributed by atoms with Gasteiger partial charge in [0.15, 0.2) is 5.69 Å². The monoisotopic (exact) mass is 472 g/mol. The van der Waals surface area contributed by atoms with Crippen LogP contribution in [-0.2, 0) is 11.2 Å². The molecule has 1 aromatic carbocycles. The summed E-state index contributed by atoms with van der Waals surface area (Å²) in [6.45, 7) is 6.02. The molecule has 0 aliphatic carbocycles. The van der Waals surface area contributed by atoms with Crippen molar-refractivity contribution >= 4 is 11.8 Å². The number of hydrogen-bond donors (Lipinski definition) is 0. The van der Waals surface area contributed by atoms with Crippen molar-refractivity contribution in [2.24, 2.45) is 5.92 Å². The molecule has 4 rings (SSSR count). The summed E-state index contributed by atoms with van der Waals surface area (Å²) in [6, 6.07) is 7.61. The van der Waals surface area contributed by atoms with Crippen molar-refractivity contribution in [1.82, 2.24) is 19.9 Å². The van der Waals surface area contributed by atoms with Gasteiger partial charge in [-0.3, -0.25) is 9.59 Å². The van der Waals surface area contributed by atoms with Crippen molar-refractivity contribution in [3.63, 3.8) is 0 Å². The number of likely N-dealkylation sites (N-methyl/N-ethyl adjacent to an activating group) is 1. The molecule has 2 aliphatic heterocycles. The van der Waals surface area contributed by atoms with E-state index < -0.39 is 0 Å². The summed E-state index contributed by atoms with van der Waals surface area (Å²) >= 11 is 0. The zero-order valence-corrected chi connectivity index (χ0v) is 19.9. The Bertz CT molecular complexity index is 972. The van der Waals surface area contributed by atoms with Gasteiger partial charge in [0, 0.05) is 70.5 Å². The molecule has 8 nitrogen and oxygen atoms in total. The van der Waals surface area contributed by atoms with Gasteiger partial charge in [0.2, 0.25) is 5.91 Å². The maximum Gasteiger partial charge on any atom is 0.276 e. The lowest BCUT2D eigenvalue weighted by molar-refractivity contribution is -0.135. The molecule has 0 spiro atoms. The molecule has 0 saturated carbocycles. The van der Waals surface area contributed by atoms with Crippen molar-refractivity contribution in [3.8, 4) is 5.75 Å². The number of piperazine rings is 1. The highest BCUT2D eigenvalue weighted by Gasteiger charge is 2.36. The van der Waals surface area contributed by atoms with Gasteiger partial charge in [0.1, 0.15) is 23.4 Å². The molecule has 184 valence electrons. The average Bonchev–Trinajstić information content (AvgIpc) is 3.30. The number of nitrogens with zero attached hydrogens (tertiary/aromatic N) is 4. The number of hydrogen-bond acceptors (Lipinski definition) is 6. The first kappa shape index (κ1) is 24.2. The zero-order valence-electron chi connectivity index (χ0n) is 19.9. The van der Waals surface area contributed by atoms with E-state index in [4.69, 9.17) is 9.26 Å². The molecule has 34 heavy (non-hydrogen) atoms. The topological polar surface area (TPSA) is 79.1 Å². The van der Waals surface area contributed by atoms with E-state index in [0.717, 1.165) is 25.9 Å². The third kappa shape index (κ3) is 5.94. The summed E-state index contributed by atoms with van der Waals surface area (Å²) in [4.78, 5) is 32.1. The van der Waals surface area contributed by atoms with Gasteiger partial charge in [-0.15, -0.1) is 0 Å². The van der Waals surface area contributed by atoms with Gasteiger partial charge in [0.25, 0.3) is 5.91 Å². The second-order valence-corrected chi connectivity index (χ2v) is 9.23. The van der Waals surface area contributed by atoms with Crippen molar-refractivity contribution in [2.75, 3.05) is 46.3 Å². The molecular formula is C25H33FN4O4. The Morgan fingerprint density at radius 1 is 1.12 bits per heavy atom. The molecule has 0 unspecified atom stereocenters. The fourth-order valence-corrected chi connectivity index (χ4v) is 4.58. The number of rotatable bonds is 7. The standard InChI is InChI=1S/C25H33FN4O4/c1-3-4-21-16-22(27-34-21)25(32)30-10-9-23(33-20-7-5-19(26)6-8-20)18(17-30)15-24(31)29-13-11-28(2)12-14-29/h5-8,16,18,23H,3-4,9-15,17H2,1-2H3/t18-,23-/m0/s1. The minimum atomic E-state index is -0.329. The van der Waals surface area contributed by atoms with Gasteiger partial charge >= 0.3 is 0 Å². The highest BCUT2D eigenvalue weighted by molar-refractivity contribution is 5.92. The Labute approximate surface area is 199 Å². The van der Waals surface area contributed by atoms with Gasteiger partial charge < -0.3 is 24.0 Å². The molecule has 0 bridgehead atoms. The quantitative estimate of drug-likeness (QED) is 0.617. The van der Waals surface area contributed by atoms with E-state index in [1.807, 2.05) is 11.8 Å². The first-order chi connectivity index (χ1) is 16.4. The highest BCUT2D eigenvalue weighted by atomic mass is 19.1. The fourth-order valence-electron chi connectivity index (χ4n) is 4.58. The van der Waals surface area contributed by atoms with Crippen molar-refractivity contribution < 1.29 is 23.2 Å². The van der Waals surface area contributed by atoms with E-state index in [-0.39, 0.29) is 29.7 Å².